The van der Waals surface area contributed by atoms with Crippen molar-refractivity contribution in [1.82, 2.24) is 4.90 Å². The smallest absolute Gasteiger partial charge is 0.157 e. The summed E-state index contributed by atoms with van der Waals surface area (Å²) in [7, 11) is 1.94. The molecule has 1 rings (SSSR count). The number of likely N-dealkylation sites (N-methyl/N-ethyl adjacent to an activating group) is 1. The molecule has 1 aliphatic rings. The van der Waals surface area contributed by atoms with E-state index >= 15 is 0 Å². The Kier molecular flexibility index (Phi) is 12.6. The van der Waals surface area contributed by atoms with Crippen LogP contribution in [0.2, 0.25) is 0 Å². The number of hydrogen-bond donors (Lipinski definition) is 2. The van der Waals surface area contributed by atoms with Crippen LogP contribution in [0.4, 0.5) is 0 Å². The summed E-state index contributed by atoms with van der Waals surface area (Å²) in [5, 5.41) is 19.1. The van der Waals surface area contributed by atoms with Gasteiger partial charge in [0, 0.05) is 19.0 Å². The summed E-state index contributed by atoms with van der Waals surface area (Å²) in [6.07, 6.45) is 13.9. The fourth-order valence-corrected chi connectivity index (χ4v) is 3.34. The summed E-state index contributed by atoms with van der Waals surface area (Å²) in [6.45, 7) is 8.55. The number of hydrogen-bond acceptors (Lipinski definition) is 4. The number of aliphatic hydroxyl groups is 2. The molecular formula is C23H41NO3. The molecule has 2 N–H and O–H groups in total. The molecule has 4 heteroatoms. The minimum Gasteiger partial charge on any atom is -0.395 e. The van der Waals surface area contributed by atoms with Crippen LogP contribution in [0, 0.1) is 5.92 Å². The Labute approximate surface area is 166 Å². The molecule has 0 bridgehead atoms. The molecule has 4 nitrogen and oxygen atoms in total. The van der Waals surface area contributed by atoms with Gasteiger partial charge in [0.2, 0.25) is 0 Å². The molecule has 2 unspecified atom stereocenters. The maximum Gasteiger partial charge on any atom is 0.157 e. The van der Waals surface area contributed by atoms with Gasteiger partial charge >= 0.3 is 0 Å². The second-order valence-corrected chi connectivity index (χ2v) is 8.09. The van der Waals surface area contributed by atoms with Gasteiger partial charge in [-0.2, -0.15) is 0 Å². The molecule has 156 valence electrons. The molecule has 0 heterocycles. The van der Waals surface area contributed by atoms with Crippen molar-refractivity contribution in [3.8, 4) is 0 Å². The standard InChI is InChI=1S/C23H41NO3/c1-19(2)7-5-8-20(3)9-6-10-21-11-13-22(14-12-21)23(26)27-18-16-24(4)15-17-25/h7,9,11,22-23,25-26H,5-6,8,10,12-18H2,1-4H3/b20-9+. The Hall–Kier alpha value is -0.940. The SMILES string of the molecule is CC(C)=CCC/C(C)=C/CCC1=CCC(C(O)OCCN(C)CCO)CC1. The van der Waals surface area contributed by atoms with Crippen LogP contribution >= 0.6 is 0 Å². The molecule has 0 saturated heterocycles. The van der Waals surface area contributed by atoms with Crippen molar-refractivity contribution in [2.24, 2.45) is 5.92 Å². The lowest BCUT2D eigenvalue weighted by atomic mass is 9.87. The van der Waals surface area contributed by atoms with E-state index in [4.69, 9.17) is 9.84 Å². The minimum atomic E-state index is -0.678. The van der Waals surface area contributed by atoms with E-state index in [-0.39, 0.29) is 12.5 Å². The Bertz CT molecular complexity index is 492. The summed E-state index contributed by atoms with van der Waals surface area (Å²) < 4.78 is 5.59. The van der Waals surface area contributed by atoms with E-state index in [2.05, 4.69) is 39.0 Å². The monoisotopic (exact) mass is 379 g/mol. The van der Waals surface area contributed by atoms with Crippen molar-refractivity contribution < 1.29 is 14.9 Å². The zero-order valence-electron chi connectivity index (χ0n) is 17.9. The van der Waals surface area contributed by atoms with Crippen molar-refractivity contribution >= 4 is 0 Å². The number of ether oxygens (including phenoxy) is 1. The normalized spacial score (nSPS) is 19.1. The highest BCUT2D eigenvalue weighted by molar-refractivity contribution is 5.09. The van der Waals surface area contributed by atoms with Crippen LogP contribution in [-0.2, 0) is 4.74 Å². The minimum absolute atomic E-state index is 0.152. The first-order valence-corrected chi connectivity index (χ1v) is 10.5. The molecule has 2 atom stereocenters. The topological polar surface area (TPSA) is 52.9 Å². The molecule has 0 amide bonds. The lowest BCUT2D eigenvalue weighted by Gasteiger charge is -2.27. The summed E-state index contributed by atoms with van der Waals surface area (Å²) in [5.74, 6) is 0.207. The zero-order valence-corrected chi connectivity index (χ0v) is 17.9. The highest BCUT2D eigenvalue weighted by Crippen LogP contribution is 2.29. The number of allylic oxidation sites excluding steroid dienone is 6. The van der Waals surface area contributed by atoms with Crippen molar-refractivity contribution in [2.45, 2.75) is 72.0 Å². The first-order chi connectivity index (χ1) is 12.9. The van der Waals surface area contributed by atoms with Crippen LogP contribution in [0.3, 0.4) is 0 Å². The fourth-order valence-electron chi connectivity index (χ4n) is 3.34. The molecule has 0 aromatic heterocycles. The average Bonchev–Trinajstić information content (AvgIpc) is 2.62. The van der Waals surface area contributed by atoms with Gasteiger partial charge in [-0.25, -0.2) is 0 Å². The Balaban J connectivity index is 2.23. The van der Waals surface area contributed by atoms with E-state index in [1.807, 2.05) is 11.9 Å². The molecule has 0 aromatic rings. The lowest BCUT2D eigenvalue weighted by Crippen LogP contribution is -2.31. The third-order valence-electron chi connectivity index (χ3n) is 5.24. The maximum absolute atomic E-state index is 10.2. The van der Waals surface area contributed by atoms with Gasteiger partial charge in [-0.15, -0.1) is 0 Å². The maximum atomic E-state index is 10.2. The average molecular weight is 380 g/mol. The van der Waals surface area contributed by atoms with Crippen LogP contribution < -0.4 is 0 Å². The molecular weight excluding hydrogens is 338 g/mol. The van der Waals surface area contributed by atoms with Gasteiger partial charge < -0.3 is 19.8 Å². The second kappa shape index (κ2) is 14.1. The summed E-state index contributed by atoms with van der Waals surface area (Å²) in [5.41, 5.74) is 4.40. The molecule has 0 aliphatic heterocycles. The highest BCUT2D eigenvalue weighted by atomic mass is 16.6. The molecule has 1 aliphatic carbocycles. The van der Waals surface area contributed by atoms with E-state index in [9.17, 15) is 5.11 Å². The van der Waals surface area contributed by atoms with Crippen molar-refractivity contribution in [3.63, 3.8) is 0 Å². The molecule has 27 heavy (non-hydrogen) atoms. The lowest BCUT2D eigenvalue weighted by molar-refractivity contribution is -0.138. The first kappa shape index (κ1) is 24.1. The highest BCUT2D eigenvalue weighted by Gasteiger charge is 2.22. The predicted molar refractivity (Wildman–Crippen MR) is 114 cm³/mol. The molecule has 0 fully saturated rings. The van der Waals surface area contributed by atoms with E-state index < -0.39 is 6.29 Å². The molecule has 0 saturated carbocycles. The fraction of sp³-hybridized carbons (Fsp3) is 0.739. The van der Waals surface area contributed by atoms with Crippen molar-refractivity contribution in [1.29, 1.82) is 0 Å². The Morgan fingerprint density at radius 3 is 2.67 bits per heavy atom. The molecule has 0 aromatic carbocycles. The van der Waals surface area contributed by atoms with E-state index in [0.717, 1.165) is 51.5 Å². The largest absolute Gasteiger partial charge is 0.395 e. The second-order valence-electron chi connectivity index (χ2n) is 8.09. The van der Waals surface area contributed by atoms with Crippen LogP contribution in [0.1, 0.15) is 65.7 Å². The third-order valence-corrected chi connectivity index (χ3v) is 5.24. The van der Waals surface area contributed by atoms with Gasteiger partial charge in [0.25, 0.3) is 0 Å². The Morgan fingerprint density at radius 1 is 1.26 bits per heavy atom. The molecule has 0 radical (unpaired) electrons. The van der Waals surface area contributed by atoms with E-state index in [0.29, 0.717) is 13.2 Å². The number of nitrogens with zero attached hydrogens (tertiary/aromatic N) is 1. The van der Waals surface area contributed by atoms with Crippen LogP contribution in [0.25, 0.3) is 0 Å². The number of aliphatic hydroxyl groups excluding tert-OH is 2. The van der Waals surface area contributed by atoms with Gasteiger partial charge in [0.05, 0.1) is 13.2 Å². The number of rotatable bonds is 13. The van der Waals surface area contributed by atoms with Gasteiger partial charge in [0.15, 0.2) is 6.29 Å². The van der Waals surface area contributed by atoms with E-state index in [1.165, 1.54) is 16.7 Å². The summed E-state index contributed by atoms with van der Waals surface area (Å²) in [6, 6.07) is 0. The quantitative estimate of drug-likeness (QED) is 0.367. The van der Waals surface area contributed by atoms with Gasteiger partial charge in [0.1, 0.15) is 0 Å². The van der Waals surface area contributed by atoms with Crippen molar-refractivity contribution in [3.05, 3.63) is 34.9 Å². The Morgan fingerprint density at radius 2 is 2.04 bits per heavy atom. The van der Waals surface area contributed by atoms with Gasteiger partial charge in [-0.3, -0.25) is 0 Å². The van der Waals surface area contributed by atoms with Crippen molar-refractivity contribution in [2.75, 3.05) is 33.4 Å². The predicted octanol–water partition coefficient (Wildman–Crippen LogP) is 4.44. The first-order valence-electron chi connectivity index (χ1n) is 10.5. The van der Waals surface area contributed by atoms with Crippen LogP contribution in [-0.4, -0.2) is 54.8 Å². The summed E-state index contributed by atoms with van der Waals surface area (Å²) in [4.78, 5) is 2.00. The van der Waals surface area contributed by atoms with Crippen LogP contribution in [0.5, 0.6) is 0 Å². The zero-order chi connectivity index (χ0) is 20.1. The van der Waals surface area contributed by atoms with Crippen LogP contribution in [0.15, 0.2) is 34.9 Å². The summed E-state index contributed by atoms with van der Waals surface area (Å²) >= 11 is 0. The molecule has 0 spiro atoms. The third kappa shape index (κ3) is 11.5. The van der Waals surface area contributed by atoms with Gasteiger partial charge in [-0.05, 0) is 72.8 Å². The van der Waals surface area contributed by atoms with Gasteiger partial charge in [-0.1, -0.05) is 34.9 Å². The van der Waals surface area contributed by atoms with E-state index in [1.54, 1.807) is 0 Å².